The number of piperazine rings is 1. The van der Waals surface area contributed by atoms with Crippen molar-refractivity contribution >= 4 is 26.9 Å². The largest absolute Gasteiger partial charge is 0.417 e. The first-order chi connectivity index (χ1) is 15.0. The van der Waals surface area contributed by atoms with Crippen LogP contribution in [0.5, 0.6) is 0 Å². The van der Waals surface area contributed by atoms with Crippen molar-refractivity contribution in [1.29, 1.82) is 0 Å². The van der Waals surface area contributed by atoms with Gasteiger partial charge < -0.3 is 9.32 Å². The molecular formula is C21H19N5O4S. The van der Waals surface area contributed by atoms with Gasteiger partial charge in [0.1, 0.15) is 0 Å². The number of nitrogens with one attached hydrogen (secondary N) is 1. The van der Waals surface area contributed by atoms with Gasteiger partial charge in [0.2, 0.25) is 10.0 Å². The number of fused-ring (bicyclic) bond motifs is 1. The lowest BCUT2D eigenvalue weighted by atomic mass is 10.1. The summed E-state index contributed by atoms with van der Waals surface area (Å²) >= 11 is 0. The Bertz CT molecular complexity index is 1370. The van der Waals surface area contributed by atoms with Crippen molar-refractivity contribution in [1.82, 2.24) is 19.5 Å². The van der Waals surface area contributed by atoms with Gasteiger partial charge in [-0.2, -0.15) is 4.31 Å². The van der Waals surface area contributed by atoms with Gasteiger partial charge in [0, 0.05) is 37.8 Å². The highest BCUT2D eigenvalue weighted by molar-refractivity contribution is 7.89. The number of hydrogen-bond acceptors (Lipinski definition) is 7. The quantitative estimate of drug-likeness (QED) is 0.520. The van der Waals surface area contributed by atoms with E-state index in [4.69, 9.17) is 4.42 Å². The van der Waals surface area contributed by atoms with E-state index in [1.807, 2.05) is 47.4 Å². The summed E-state index contributed by atoms with van der Waals surface area (Å²) in [6, 6.07) is 18.0. The van der Waals surface area contributed by atoms with E-state index < -0.39 is 15.8 Å². The first-order valence-corrected chi connectivity index (χ1v) is 11.2. The Hall–Kier alpha value is -3.50. The van der Waals surface area contributed by atoms with Gasteiger partial charge in [0.15, 0.2) is 11.4 Å². The Morgan fingerprint density at radius 2 is 1.68 bits per heavy atom. The van der Waals surface area contributed by atoms with E-state index in [1.54, 1.807) is 0 Å². The molecule has 1 aliphatic heterocycles. The lowest BCUT2D eigenvalue weighted by molar-refractivity contribution is 0.383. The van der Waals surface area contributed by atoms with E-state index in [1.165, 1.54) is 22.5 Å². The van der Waals surface area contributed by atoms with E-state index in [2.05, 4.69) is 15.2 Å². The molecule has 0 amide bonds. The van der Waals surface area contributed by atoms with Gasteiger partial charge in [0.25, 0.3) is 0 Å². The highest BCUT2D eigenvalue weighted by Crippen LogP contribution is 2.23. The zero-order valence-electron chi connectivity index (χ0n) is 16.4. The summed E-state index contributed by atoms with van der Waals surface area (Å²) in [5.74, 6) is 0.102. The fourth-order valence-corrected chi connectivity index (χ4v) is 5.09. The minimum Gasteiger partial charge on any atom is -0.408 e. The van der Waals surface area contributed by atoms with Gasteiger partial charge in [-0.05, 0) is 24.3 Å². The standard InChI is InChI=1S/C21H19N5O4S/c27-21-22-18-7-6-16(14-19(18)30-21)31(28,29)26-12-10-25(11-13-26)20-9-8-17(23-24-20)15-4-2-1-3-5-15/h1-9,14H,10-13H2,(H,22,27). The number of nitrogens with zero attached hydrogens (tertiary/aromatic N) is 4. The minimum absolute atomic E-state index is 0.100. The lowest BCUT2D eigenvalue weighted by Gasteiger charge is -2.34. The summed E-state index contributed by atoms with van der Waals surface area (Å²) < 4.78 is 32.5. The maximum absolute atomic E-state index is 13.0. The molecule has 0 unspecified atom stereocenters. The van der Waals surface area contributed by atoms with E-state index in [9.17, 15) is 13.2 Å². The molecule has 10 heteroatoms. The number of sulfonamides is 1. The molecule has 1 saturated heterocycles. The van der Waals surface area contributed by atoms with Crippen molar-refractivity contribution in [3.63, 3.8) is 0 Å². The predicted molar refractivity (Wildman–Crippen MR) is 115 cm³/mol. The SMILES string of the molecule is O=c1[nH]c2ccc(S(=O)(=O)N3CCN(c4ccc(-c5ccccc5)nn4)CC3)cc2o1. The molecule has 0 radical (unpaired) electrons. The normalized spacial score (nSPS) is 15.4. The van der Waals surface area contributed by atoms with Crippen molar-refractivity contribution in [3.8, 4) is 11.3 Å². The molecule has 0 bridgehead atoms. The molecule has 0 aliphatic carbocycles. The third-order valence-electron chi connectivity index (χ3n) is 5.31. The number of hydrogen-bond donors (Lipinski definition) is 1. The van der Waals surface area contributed by atoms with Crippen LogP contribution in [-0.2, 0) is 10.0 Å². The molecular weight excluding hydrogens is 418 g/mol. The number of oxazole rings is 1. The van der Waals surface area contributed by atoms with Crippen LogP contribution in [0.3, 0.4) is 0 Å². The number of anilines is 1. The van der Waals surface area contributed by atoms with Crippen LogP contribution in [0, 0.1) is 0 Å². The summed E-state index contributed by atoms with van der Waals surface area (Å²) in [5, 5.41) is 8.63. The lowest BCUT2D eigenvalue weighted by Crippen LogP contribution is -2.49. The van der Waals surface area contributed by atoms with Gasteiger partial charge in [-0.3, -0.25) is 4.98 Å². The molecule has 1 fully saturated rings. The van der Waals surface area contributed by atoms with Crippen molar-refractivity contribution < 1.29 is 12.8 Å². The molecule has 2 aromatic heterocycles. The van der Waals surface area contributed by atoms with Crippen molar-refractivity contribution in [2.45, 2.75) is 4.90 Å². The Labute approximate surface area is 178 Å². The van der Waals surface area contributed by atoms with Gasteiger partial charge in [-0.1, -0.05) is 30.3 Å². The second kappa shape index (κ2) is 7.64. The van der Waals surface area contributed by atoms with Crippen LogP contribution in [0.1, 0.15) is 0 Å². The number of aromatic amines is 1. The molecule has 3 heterocycles. The van der Waals surface area contributed by atoms with Crippen molar-refractivity contribution in [2.75, 3.05) is 31.1 Å². The second-order valence-electron chi connectivity index (χ2n) is 7.21. The van der Waals surface area contributed by atoms with Crippen LogP contribution < -0.4 is 10.7 Å². The minimum atomic E-state index is -3.70. The van der Waals surface area contributed by atoms with E-state index >= 15 is 0 Å². The molecule has 1 aliphatic rings. The molecule has 2 aromatic carbocycles. The Kier molecular flexibility index (Phi) is 4.79. The Morgan fingerprint density at radius 1 is 0.903 bits per heavy atom. The average Bonchev–Trinajstić information content (AvgIpc) is 3.19. The molecule has 4 aromatic rings. The average molecular weight is 437 g/mol. The maximum Gasteiger partial charge on any atom is 0.417 e. The number of H-pyrrole nitrogens is 1. The van der Waals surface area contributed by atoms with E-state index in [0.29, 0.717) is 37.5 Å². The third-order valence-corrected chi connectivity index (χ3v) is 7.21. The Morgan fingerprint density at radius 3 is 2.39 bits per heavy atom. The number of aromatic nitrogens is 3. The molecule has 1 N–H and O–H groups in total. The van der Waals surface area contributed by atoms with Gasteiger partial charge in [0.05, 0.1) is 16.1 Å². The number of benzene rings is 2. The highest BCUT2D eigenvalue weighted by Gasteiger charge is 2.29. The zero-order chi connectivity index (χ0) is 21.4. The maximum atomic E-state index is 13.0. The summed E-state index contributed by atoms with van der Waals surface area (Å²) in [5.41, 5.74) is 2.47. The topological polar surface area (TPSA) is 112 Å². The zero-order valence-corrected chi connectivity index (χ0v) is 17.2. The van der Waals surface area contributed by atoms with Crippen LogP contribution in [0.2, 0.25) is 0 Å². The van der Waals surface area contributed by atoms with E-state index in [-0.39, 0.29) is 10.5 Å². The second-order valence-corrected chi connectivity index (χ2v) is 9.14. The smallest absolute Gasteiger partial charge is 0.408 e. The summed E-state index contributed by atoms with van der Waals surface area (Å²) in [6.45, 7) is 1.64. The van der Waals surface area contributed by atoms with Gasteiger partial charge in [-0.15, -0.1) is 10.2 Å². The van der Waals surface area contributed by atoms with Crippen LogP contribution in [0.15, 0.2) is 74.8 Å². The summed E-state index contributed by atoms with van der Waals surface area (Å²) in [7, 11) is -3.70. The van der Waals surface area contributed by atoms with Crippen LogP contribution in [-0.4, -0.2) is 54.1 Å². The molecule has 0 atom stereocenters. The van der Waals surface area contributed by atoms with Crippen LogP contribution in [0.25, 0.3) is 22.4 Å². The van der Waals surface area contributed by atoms with Crippen LogP contribution in [0.4, 0.5) is 5.82 Å². The fraction of sp³-hybridized carbons (Fsp3) is 0.190. The molecule has 0 saturated carbocycles. The van der Waals surface area contributed by atoms with E-state index in [0.717, 1.165) is 11.3 Å². The van der Waals surface area contributed by atoms with Gasteiger partial charge in [-0.25, -0.2) is 13.2 Å². The van der Waals surface area contributed by atoms with Crippen molar-refractivity contribution in [3.05, 3.63) is 71.2 Å². The molecule has 0 spiro atoms. The van der Waals surface area contributed by atoms with Crippen LogP contribution >= 0.6 is 0 Å². The molecule has 31 heavy (non-hydrogen) atoms. The number of rotatable bonds is 4. The van der Waals surface area contributed by atoms with Crippen molar-refractivity contribution in [2.24, 2.45) is 0 Å². The predicted octanol–water partition coefficient (Wildman–Crippen LogP) is 2.09. The third kappa shape index (κ3) is 3.71. The summed E-state index contributed by atoms with van der Waals surface area (Å²) in [4.78, 5) is 15.9. The monoisotopic (exact) mass is 437 g/mol. The molecule has 5 rings (SSSR count). The molecule has 158 valence electrons. The first kappa shape index (κ1) is 19.5. The fourth-order valence-electron chi connectivity index (χ4n) is 3.65. The molecule has 9 nitrogen and oxygen atoms in total. The van der Waals surface area contributed by atoms with Gasteiger partial charge >= 0.3 is 5.76 Å². The Balaban J connectivity index is 1.29. The summed E-state index contributed by atoms with van der Waals surface area (Å²) in [6.07, 6.45) is 0. The first-order valence-electron chi connectivity index (χ1n) is 9.78. The highest BCUT2D eigenvalue weighted by atomic mass is 32.2.